The maximum atomic E-state index is 13.6. The normalized spacial score (nSPS) is 14.8. The summed E-state index contributed by atoms with van der Waals surface area (Å²) in [4.78, 5) is 0. The van der Waals surface area contributed by atoms with Gasteiger partial charge in [0.2, 0.25) is 0 Å². The number of nitrogens with one attached hydrogen (secondary N) is 1. The van der Waals surface area contributed by atoms with E-state index in [1.54, 1.807) is 12.1 Å². The van der Waals surface area contributed by atoms with Crippen molar-refractivity contribution in [1.82, 2.24) is 5.32 Å². The molecule has 0 saturated heterocycles. The van der Waals surface area contributed by atoms with E-state index in [1.165, 1.54) is 0 Å². The Labute approximate surface area is 95.9 Å². The predicted molar refractivity (Wildman–Crippen MR) is 62.5 cm³/mol. The summed E-state index contributed by atoms with van der Waals surface area (Å²) in [6.07, 6.45) is 0.894. The third-order valence-corrected chi connectivity index (χ3v) is 2.98. The summed E-state index contributed by atoms with van der Waals surface area (Å²) in [5.74, 6) is -1.51. The van der Waals surface area contributed by atoms with Crippen LogP contribution in [0, 0.1) is 11.6 Å². The molecule has 0 spiro atoms. The zero-order valence-electron chi connectivity index (χ0n) is 10.1. The van der Waals surface area contributed by atoms with Crippen molar-refractivity contribution in [3.63, 3.8) is 0 Å². The van der Waals surface area contributed by atoms with Gasteiger partial charge in [-0.2, -0.15) is 0 Å². The van der Waals surface area contributed by atoms with Crippen LogP contribution >= 0.6 is 0 Å². The predicted octanol–water partition coefficient (Wildman–Crippen LogP) is 3.46. The molecule has 0 fully saturated rings. The molecule has 90 valence electrons. The molecule has 0 aliphatic rings. The van der Waals surface area contributed by atoms with E-state index in [0.717, 1.165) is 19.0 Å². The van der Waals surface area contributed by atoms with Gasteiger partial charge in [-0.15, -0.1) is 0 Å². The molecular weight excluding hydrogens is 208 g/mol. The second-order valence-electron chi connectivity index (χ2n) is 4.00. The first-order chi connectivity index (χ1) is 7.61. The summed E-state index contributed by atoms with van der Waals surface area (Å²) in [6.45, 7) is 6.81. The van der Waals surface area contributed by atoms with E-state index in [2.05, 4.69) is 5.32 Å². The Morgan fingerprint density at radius 2 is 1.94 bits per heavy atom. The second-order valence-corrected chi connectivity index (χ2v) is 4.00. The highest BCUT2D eigenvalue weighted by Crippen LogP contribution is 2.25. The lowest BCUT2D eigenvalue weighted by molar-refractivity contribution is 0.424. The van der Waals surface area contributed by atoms with Crippen LogP contribution < -0.4 is 5.32 Å². The topological polar surface area (TPSA) is 12.0 Å². The molecule has 1 N–H and O–H groups in total. The Morgan fingerprint density at radius 1 is 1.25 bits per heavy atom. The first kappa shape index (κ1) is 13.1. The molecule has 0 aliphatic carbocycles. The molecule has 0 saturated carbocycles. The zero-order chi connectivity index (χ0) is 12.1. The quantitative estimate of drug-likeness (QED) is 0.812. The van der Waals surface area contributed by atoms with Crippen molar-refractivity contribution in [2.75, 3.05) is 6.54 Å². The summed E-state index contributed by atoms with van der Waals surface area (Å²) < 4.78 is 26.7. The highest BCUT2D eigenvalue weighted by Gasteiger charge is 2.20. The average molecular weight is 227 g/mol. The molecule has 16 heavy (non-hydrogen) atoms. The van der Waals surface area contributed by atoms with Crippen molar-refractivity contribution in [2.45, 2.75) is 39.2 Å². The van der Waals surface area contributed by atoms with Crippen LogP contribution in [-0.4, -0.2) is 12.6 Å². The van der Waals surface area contributed by atoms with Gasteiger partial charge in [-0.25, -0.2) is 8.78 Å². The largest absolute Gasteiger partial charge is 0.314 e. The SMILES string of the molecule is CCNC(CC)C(C)c1cccc(F)c1F. The molecule has 0 amide bonds. The smallest absolute Gasteiger partial charge is 0.162 e. The molecule has 1 aromatic carbocycles. The molecule has 0 heterocycles. The Balaban J connectivity index is 2.94. The molecule has 0 radical (unpaired) electrons. The van der Waals surface area contributed by atoms with Gasteiger partial charge >= 0.3 is 0 Å². The summed E-state index contributed by atoms with van der Waals surface area (Å²) in [5, 5.41) is 3.29. The molecule has 2 unspecified atom stereocenters. The van der Waals surface area contributed by atoms with Gasteiger partial charge in [0.15, 0.2) is 11.6 Å². The van der Waals surface area contributed by atoms with E-state index in [1.807, 2.05) is 20.8 Å². The standard InChI is InChI=1S/C13H19F2N/c1-4-12(16-5-2)9(3)10-7-6-8-11(14)13(10)15/h6-9,12,16H,4-5H2,1-3H3. The number of hydrogen-bond acceptors (Lipinski definition) is 1. The van der Waals surface area contributed by atoms with Gasteiger partial charge in [0.1, 0.15) is 0 Å². The van der Waals surface area contributed by atoms with E-state index in [9.17, 15) is 8.78 Å². The van der Waals surface area contributed by atoms with Crippen LogP contribution in [0.4, 0.5) is 8.78 Å². The number of halogens is 2. The van der Waals surface area contributed by atoms with Crippen molar-refractivity contribution in [1.29, 1.82) is 0 Å². The van der Waals surface area contributed by atoms with Gasteiger partial charge in [0.25, 0.3) is 0 Å². The van der Waals surface area contributed by atoms with Crippen LogP contribution in [0.2, 0.25) is 0 Å². The molecule has 0 bridgehead atoms. The Hall–Kier alpha value is -0.960. The third kappa shape index (κ3) is 2.79. The summed E-state index contributed by atoms with van der Waals surface area (Å²) >= 11 is 0. The van der Waals surface area contributed by atoms with E-state index < -0.39 is 11.6 Å². The van der Waals surface area contributed by atoms with Crippen molar-refractivity contribution in [3.8, 4) is 0 Å². The number of rotatable bonds is 5. The Bertz CT molecular complexity index is 339. The zero-order valence-corrected chi connectivity index (χ0v) is 10.1. The van der Waals surface area contributed by atoms with Crippen LogP contribution in [-0.2, 0) is 0 Å². The average Bonchev–Trinajstić information content (AvgIpc) is 2.29. The molecule has 0 aliphatic heterocycles. The third-order valence-electron chi connectivity index (χ3n) is 2.98. The maximum absolute atomic E-state index is 13.6. The van der Waals surface area contributed by atoms with E-state index in [0.29, 0.717) is 5.56 Å². The minimum Gasteiger partial charge on any atom is -0.314 e. The van der Waals surface area contributed by atoms with Crippen LogP contribution in [0.15, 0.2) is 18.2 Å². The van der Waals surface area contributed by atoms with Gasteiger partial charge in [-0.05, 0) is 30.5 Å². The molecular formula is C13H19F2N. The lowest BCUT2D eigenvalue weighted by Gasteiger charge is -2.24. The Morgan fingerprint density at radius 3 is 2.50 bits per heavy atom. The lowest BCUT2D eigenvalue weighted by atomic mass is 9.91. The first-order valence-electron chi connectivity index (χ1n) is 5.79. The fraction of sp³-hybridized carbons (Fsp3) is 0.538. The minimum absolute atomic E-state index is 0.0272. The van der Waals surface area contributed by atoms with Crippen molar-refractivity contribution in [2.24, 2.45) is 0 Å². The minimum atomic E-state index is -0.768. The molecule has 3 heteroatoms. The van der Waals surface area contributed by atoms with Gasteiger partial charge in [-0.3, -0.25) is 0 Å². The molecule has 1 rings (SSSR count). The molecule has 1 aromatic rings. The fourth-order valence-corrected chi connectivity index (χ4v) is 2.03. The summed E-state index contributed by atoms with van der Waals surface area (Å²) in [7, 11) is 0. The first-order valence-corrected chi connectivity index (χ1v) is 5.79. The summed E-state index contributed by atoms with van der Waals surface area (Å²) in [5.41, 5.74) is 0.452. The van der Waals surface area contributed by atoms with E-state index in [-0.39, 0.29) is 12.0 Å². The van der Waals surface area contributed by atoms with Crippen LogP contribution in [0.25, 0.3) is 0 Å². The molecule has 0 aromatic heterocycles. The molecule has 1 nitrogen and oxygen atoms in total. The van der Waals surface area contributed by atoms with E-state index in [4.69, 9.17) is 0 Å². The second kappa shape index (κ2) is 5.94. The van der Waals surface area contributed by atoms with Crippen LogP contribution in [0.5, 0.6) is 0 Å². The van der Waals surface area contributed by atoms with Crippen molar-refractivity contribution in [3.05, 3.63) is 35.4 Å². The van der Waals surface area contributed by atoms with Crippen molar-refractivity contribution < 1.29 is 8.78 Å². The van der Waals surface area contributed by atoms with Crippen LogP contribution in [0.3, 0.4) is 0 Å². The van der Waals surface area contributed by atoms with Crippen LogP contribution in [0.1, 0.15) is 38.7 Å². The van der Waals surface area contributed by atoms with Gasteiger partial charge in [0, 0.05) is 6.04 Å². The maximum Gasteiger partial charge on any atom is 0.162 e. The van der Waals surface area contributed by atoms with Gasteiger partial charge in [-0.1, -0.05) is 32.9 Å². The molecule has 2 atom stereocenters. The highest BCUT2D eigenvalue weighted by molar-refractivity contribution is 5.23. The van der Waals surface area contributed by atoms with Gasteiger partial charge < -0.3 is 5.32 Å². The monoisotopic (exact) mass is 227 g/mol. The highest BCUT2D eigenvalue weighted by atomic mass is 19.2. The lowest BCUT2D eigenvalue weighted by Crippen LogP contribution is -2.33. The number of likely N-dealkylation sites (N-methyl/N-ethyl adjacent to an activating group) is 1. The van der Waals surface area contributed by atoms with Gasteiger partial charge in [0.05, 0.1) is 0 Å². The fourth-order valence-electron chi connectivity index (χ4n) is 2.03. The number of hydrogen-bond donors (Lipinski definition) is 1. The van der Waals surface area contributed by atoms with Crippen molar-refractivity contribution >= 4 is 0 Å². The van der Waals surface area contributed by atoms with E-state index >= 15 is 0 Å². The number of benzene rings is 1. The Kier molecular flexibility index (Phi) is 4.87. The summed E-state index contributed by atoms with van der Waals surface area (Å²) in [6, 6.07) is 4.55.